The Labute approximate surface area is 102 Å². The third-order valence-corrected chi connectivity index (χ3v) is 2.42. The minimum Gasteiger partial charge on any atom is -1.00 e. The van der Waals surface area contributed by atoms with Gasteiger partial charge in [-0.15, -0.1) is 0 Å². The summed E-state index contributed by atoms with van der Waals surface area (Å²) in [6.07, 6.45) is 8.15. The zero-order valence-corrected chi connectivity index (χ0v) is 11.0. The maximum Gasteiger partial charge on any atom is 2.00 e. The molecule has 0 amide bonds. The Hall–Kier alpha value is 0.898. The minimum absolute atomic E-state index is 0. The van der Waals surface area contributed by atoms with Crippen molar-refractivity contribution in [3.05, 3.63) is 0 Å². The van der Waals surface area contributed by atoms with E-state index in [0.29, 0.717) is 0 Å². The van der Waals surface area contributed by atoms with Gasteiger partial charge in [0, 0.05) is 6.04 Å². The van der Waals surface area contributed by atoms with Crippen LogP contribution in [0.3, 0.4) is 0 Å². The molecule has 0 spiro atoms. The van der Waals surface area contributed by atoms with Crippen LogP contribution in [0.2, 0.25) is 0 Å². The van der Waals surface area contributed by atoms with E-state index in [1.165, 1.54) is 32.1 Å². The van der Waals surface area contributed by atoms with Gasteiger partial charge in [-0.2, -0.15) is 0 Å². The number of nitrogens with two attached hydrogens (primary N) is 1. The molecule has 1 saturated carbocycles. The van der Waals surface area contributed by atoms with E-state index in [1.54, 1.807) is 0 Å². The molecule has 0 aromatic carbocycles. The van der Waals surface area contributed by atoms with Gasteiger partial charge in [-0.3, -0.25) is 0 Å². The molecule has 0 aromatic heterocycles. The van der Waals surface area contributed by atoms with Gasteiger partial charge in [-0.05, 0) is 32.4 Å². The third kappa shape index (κ3) is 7.93. The predicted molar refractivity (Wildman–Crippen MR) is 48.5 cm³/mol. The van der Waals surface area contributed by atoms with Crippen LogP contribution in [0.25, 0.3) is 0 Å². The first kappa shape index (κ1) is 16.3. The van der Waals surface area contributed by atoms with Crippen molar-refractivity contribution >= 4 is 0 Å². The molecule has 1 rings (SSSR count). The van der Waals surface area contributed by atoms with Crippen LogP contribution in [0.4, 0.5) is 0 Å². The summed E-state index contributed by atoms with van der Waals surface area (Å²) in [5, 5.41) is 3.54. The normalized spacial score (nSPS) is 17.3. The molecule has 0 radical (unpaired) electrons. The van der Waals surface area contributed by atoms with Gasteiger partial charge in [-0.1, -0.05) is 19.3 Å². The van der Waals surface area contributed by atoms with Crippen LogP contribution in [0, 0.1) is 0 Å². The average molecular weight is 387 g/mol. The Morgan fingerprint density at radius 2 is 1.77 bits per heavy atom. The number of halogens is 1. The molecular weight excluding hydrogens is 367 g/mol. The van der Waals surface area contributed by atoms with Gasteiger partial charge < -0.3 is 23.5 Å². The first-order valence-corrected chi connectivity index (χ1v) is 4.87. The van der Waals surface area contributed by atoms with E-state index in [9.17, 15) is 0 Å². The van der Waals surface area contributed by atoms with E-state index in [0.717, 1.165) is 25.6 Å². The maximum atomic E-state index is 5.40. The molecule has 82 valence electrons. The molecule has 13 heavy (non-hydrogen) atoms. The number of hydrogen-bond donors (Lipinski definition) is 2. The molecule has 0 aliphatic heterocycles. The van der Waals surface area contributed by atoms with Crippen molar-refractivity contribution < 1.29 is 33.5 Å². The van der Waals surface area contributed by atoms with E-state index in [4.69, 9.17) is 5.73 Å². The zero-order valence-electron chi connectivity index (χ0n) is 8.01. The minimum atomic E-state index is 0. The van der Waals surface area contributed by atoms with Crippen molar-refractivity contribution in [3.63, 3.8) is 0 Å². The SMILES string of the molecule is NCCCNC1CCCCC1.[Cl-].[Pt+2]. The summed E-state index contributed by atoms with van der Waals surface area (Å²) in [6.45, 7) is 1.93. The molecule has 2 nitrogen and oxygen atoms in total. The average Bonchev–Trinajstić information content (AvgIpc) is 2.07. The molecular formula is C9H20ClN2Pt+. The fraction of sp³-hybridized carbons (Fsp3) is 1.00. The fourth-order valence-corrected chi connectivity index (χ4v) is 1.71. The van der Waals surface area contributed by atoms with Gasteiger partial charge in [-0.25, -0.2) is 0 Å². The van der Waals surface area contributed by atoms with Crippen molar-refractivity contribution in [2.24, 2.45) is 5.73 Å². The molecule has 3 N–H and O–H groups in total. The first-order chi connectivity index (χ1) is 5.43. The fourth-order valence-electron chi connectivity index (χ4n) is 1.71. The summed E-state index contributed by atoms with van der Waals surface area (Å²) in [4.78, 5) is 0. The number of hydrogen-bond acceptors (Lipinski definition) is 2. The second-order valence-corrected chi connectivity index (χ2v) is 3.43. The summed E-state index contributed by atoms with van der Waals surface area (Å²) < 4.78 is 0. The van der Waals surface area contributed by atoms with Gasteiger partial charge >= 0.3 is 21.1 Å². The van der Waals surface area contributed by atoms with Crippen molar-refractivity contribution in [3.8, 4) is 0 Å². The smallest absolute Gasteiger partial charge is 1.00 e. The molecule has 0 atom stereocenters. The summed E-state index contributed by atoms with van der Waals surface area (Å²) in [7, 11) is 0. The summed E-state index contributed by atoms with van der Waals surface area (Å²) in [6, 6.07) is 0.801. The van der Waals surface area contributed by atoms with Gasteiger partial charge in [0.15, 0.2) is 0 Å². The molecule has 0 unspecified atom stereocenters. The van der Waals surface area contributed by atoms with E-state index in [2.05, 4.69) is 5.32 Å². The van der Waals surface area contributed by atoms with E-state index < -0.39 is 0 Å². The van der Waals surface area contributed by atoms with Crippen LogP contribution in [0.1, 0.15) is 38.5 Å². The zero-order chi connectivity index (χ0) is 7.94. The second kappa shape index (κ2) is 11.0. The van der Waals surface area contributed by atoms with E-state index in [1.807, 2.05) is 0 Å². The third-order valence-electron chi connectivity index (χ3n) is 2.42. The van der Waals surface area contributed by atoms with E-state index >= 15 is 0 Å². The Bertz CT molecular complexity index is 97.6. The van der Waals surface area contributed by atoms with Gasteiger partial charge in [0.05, 0.1) is 0 Å². The molecule has 1 aliphatic carbocycles. The second-order valence-electron chi connectivity index (χ2n) is 3.43. The van der Waals surface area contributed by atoms with Crippen LogP contribution < -0.4 is 23.5 Å². The van der Waals surface area contributed by atoms with Crippen LogP contribution >= 0.6 is 0 Å². The maximum absolute atomic E-state index is 5.40. The largest absolute Gasteiger partial charge is 2.00 e. The van der Waals surface area contributed by atoms with Crippen molar-refractivity contribution in [2.75, 3.05) is 13.1 Å². The topological polar surface area (TPSA) is 38.0 Å². The van der Waals surface area contributed by atoms with Crippen molar-refractivity contribution in [1.82, 2.24) is 5.32 Å². The molecule has 1 aliphatic rings. The van der Waals surface area contributed by atoms with Gasteiger partial charge in [0.25, 0.3) is 0 Å². The van der Waals surface area contributed by atoms with E-state index in [-0.39, 0.29) is 33.5 Å². The summed E-state index contributed by atoms with van der Waals surface area (Å²) >= 11 is 0. The Balaban J connectivity index is 0. The molecule has 4 heteroatoms. The molecule has 0 bridgehead atoms. The molecule has 0 heterocycles. The standard InChI is InChI=1S/C9H20N2.ClH.Pt/c10-7-4-8-11-9-5-2-1-3-6-9;;/h9,11H,1-8,10H2;1H;/q;;+2/p-1. The Morgan fingerprint density at radius 3 is 2.31 bits per heavy atom. The summed E-state index contributed by atoms with van der Waals surface area (Å²) in [5.74, 6) is 0. The molecule has 0 aromatic rings. The number of rotatable bonds is 4. The quantitative estimate of drug-likeness (QED) is 0.563. The van der Waals surface area contributed by atoms with Crippen LogP contribution in [0.5, 0.6) is 0 Å². The van der Waals surface area contributed by atoms with Crippen LogP contribution in [-0.2, 0) is 21.1 Å². The molecule has 0 saturated heterocycles. The molecule has 1 fully saturated rings. The monoisotopic (exact) mass is 386 g/mol. The van der Waals surface area contributed by atoms with Crippen molar-refractivity contribution in [1.29, 1.82) is 0 Å². The number of nitrogens with one attached hydrogen (secondary N) is 1. The van der Waals surface area contributed by atoms with Gasteiger partial charge in [0.1, 0.15) is 0 Å². The van der Waals surface area contributed by atoms with Crippen LogP contribution in [0.15, 0.2) is 0 Å². The Kier molecular flexibility index (Phi) is 13.8. The first-order valence-electron chi connectivity index (χ1n) is 4.87. The predicted octanol–water partition coefficient (Wildman–Crippen LogP) is -1.74. The van der Waals surface area contributed by atoms with Crippen molar-refractivity contribution in [2.45, 2.75) is 44.6 Å². The van der Waals surface area contributed by atoms with Crippen LogP contribution in [-0.4, -0.2) is 19.1 Å². The Morgan fingerprint density at radius 1 is 1.15 bits per heavy atom. The van der Waals surface area contributed by atoms with Gasteiger partial charge in [0.2, 0.25) is 0 Å². The summed E-state index contributed by atoms with van der Waals surface area (Å²) in [5.41, 5.74) is 5.40.